The van der Waals surface area contributed by atoms with Gasteiger partial charge in [-0.25, -0.2) is 0 Å². The highest BCUT2D eigenvalue weighted by Gasteiger charge is 2.17. The Morgan fingerprint density at radius 1 is 1.43 bits per heavy atom. The number of rotatable bonds is 9. The zero-order chi connectivity index (χ0) is 15.7. The van der Waals surface area contributed by atoms with Gasteiger partial charge in [-0.05, 0) is 18.9 Å². The number of thioether (sulfide) groups is 1. The van der Waals surface area contributed by atoms with E-state index in [1.165, 1.54) is 17.8 Å². The molecule has 0 aliphatic carbocycles. The molecule has 0 heterocycles. The standard InChI is InChI=1S/C14H20N2O4S/c1-3-8-15-14-11(6-5-7-12(14)16(18)19)9-21-10-13(17)20-4-2/h5-7,15H,3-4,8-10H2,1-2H3. The van der Waals surface area contributed by atoms with E-state index >= 15 is 0 Å². The molecular formula is C14H20N2O4S. The van der Waals surface area contributed by atoms with Gasteiger partial charge in [0.25, 0.3) is 5.69 Å². The molecule has 0 radical (unpaired) electrons. The number of carbonyl (C=O) groups excluding carboxylic acids is 1. The number of anilines is 1. The average molecular weight is 312 g/mol. The molecule has 0 saturated carbocycles. The summed E-state index contributed by atoms with van der Waals surface area (Å²) in [4.78, 5) is 22.0. The van der Waals surface area contributed by atoms with Gasteiger partial charge in [0.2, 0.25) is 0 Å². The van der Waals surface area contributed by atoms with Crippen molar-refractivity contribution < 1.29 is 14.5 Å². The van der Waals surface area contributed by atoms with Crippen molar-refractivity contribution in [1.29, 1.82) is 0 Å². The Balaban J connectivity index is 2.77. The number of ether oxygens (including phenoxy) is 1. The van der Waals surface area contributed by atoms with Crippen molar-refractivity contribution >= 4 is 29.1 Å². The summed E-state index contributed by atoms with van der Waals surface area (Å²) in [6.45, 7) is 4.78. The second-order valence-corrected chi connectivity index (χ2v) is 5.28. The summed E-state index contributed by atoms with van der Waals surface area (Å²) >= 11 is 1.39. The summed E-state index contributed by atoms with van der Waals surface area (Å²) in [6.07, 6.45) is 0.876. The minimum atomic E-state index is -0.391. The summed E-state index contributed by atoms with van der Waals surface area (Å²) in [7, 11) is 0. The molecule has 1 aromatic carbocycles. The van der Waals surface area contributed by atoms with Gasteiger partial charge in [-0.2, -0.15) is 0 Å². The smallest absolute Gasteiger partial charge is 0.315 e. The highest BCUT2D eigenvalue weighted by molar-refractivity contribution is 7.99. The number of hydrogen-bond donors (Lipinski definition) is 1. The largest absolute Gasteiger partial charge is 0.465 e. The lowest BCUT2D eigenvalue weighted by Crippen LogP contribution is -2.08. The quantitative estimate of drug-likeness (QED) is 0.428. The first-order valence-corrected chi connectivity index (χ1v) is 7.99. The van der Waals surface area contributed by atoms with Gasteiger partial charge in [0.1, 0.15) is 5.69 Å². The number of nitrogens with one attached hydrogen (secondary N) is 1. The molecule has 1 N–H and O–H groups in total. The van der Waals surface area contributed by atoms with E-state index in [4.69, 9.17) is 4.74 Å². The third-order valence-electron chi connectivity index (χ3n) is 2.66. The van der Waals surface area contributed by atoms with Gasteiger partial charge in [-0.15, -0.1) is 11.8 Å². The molecule has 1 rings (SSSR count). The number of hydrogen-bond acceptors (Lipinski definition) is 6. The van der Waals surface area contributed by atoms with Gasteiger partial charge >= 0.3 is 5.97 Å². The summed E-state index contributed by atoms with van der Waals surface area (Å²) in [6, 6.07) is 4.98. The Morgan fingerprint density at radius 2 is 2.19 bits per heavy atom. The van der Waals surface area contributed by atoms with Crippen molar-refractivity contribution in [1.82, 2.24) is 0 Å². The molecule has 7 heteroatoms. The lowest BCUT2D eigenvalue weighted by molar-refractivity contribution is -0.384. The summed E-state index contributed by atoms with van der Waals surface area (Å²) in [5.41, 5.74) is 1.44. The fraction of sp³-hybridized carbons (Fsp3) is 0.500. The van der Waals surface area contributed by atoms with Crippen molar-refractivity contribution in [3.05, 3.63) is 33.9 Å². The molecule has 0 bridgehead atoms. The number of carbonyl (C=O) groups is 1. The first-order valence-electron chi connectivity index (χ1n) is 6.83. The van der Waals surface area contributed by atoms with Crippen molar-refractivity contribution in [3.63, 3.8) is 0 Å². The second-order valence-electron chi connectivity index (χ2n) is 4.29. The maximum absolute atomic E-state index is 11.3. The molecule has 0 atom stereocenters. The van der Waals surface area contributed by atoms with Crippen molar-refractivity contribution in [2.24, 2.45) is 0 Å². The molecule has 0 aromatic heterocycles. The normalized spacial score (nSPS) is 10.2. The summed E-state index contributed by atoms with van der Waals surface area (Å²) < 4.78 is 4.85. The van der Waals surface area contributed by atoms with Crippen LogP contribution < -0.4 is 5.32 Å². The van der Waals surface area contributed by atoms with Crippen LogP contribution in [0.3, 0.4) is 0 Å². The Kier molecular flexibility index (Phi) is 7.60. The number of nitro groups is 1. The molecule has 0 aliphatic rings. The van der Waals surface area contributed by atoms with Crippen LogP contribution in [-0.4, -0.2) is 29.8 Å². The third kappa shape index (κ3) is 5.63. The van der Waals surface area contributed by atoms with Gasteiger partial charge in [-0.3, -0.25) is 14.9 Å². The molecule has 0 unspecified atom stereocenters. The topological polar surface area (TPSA) is 81.5 Å². The van der Waals surface area contributed by atoms with Crippen LogP contribution in [-0.2, 0) is 15.3 Å². The van der Waals surface area contributed by atoms with Crippen LogP contribution >= 0.6 is 11.8 Å². The minimum Gasteiger partial charge on any atom is -0.465 e. The Labute approximate surface area is 128 Å². The monoisotopic (exact) mass is 312 g/mol. The fourth-order valence-corrected chi connectivity index (χ4v) is 2.57. The van der Waals surface area contributed by atoms with E-state index in [1.807, 2.05) is 13.0 Å². The van der Waals surface area contributed by atoms with Crippen LogP contribution in [0, 0.1) is 10.1 Å². The number of esters is 1. The zero-order valence-electron chi connectivity index (χ0n) is 12.3. The van der Waals surface area contributed by atoms with E-state index < -0.39 is 4.92 Å². The second kappa shape index (κ2) is 9.23. The highest BCUT2D eigenvalue weighted by Crippen LogP contribution is 2.30. The van der Waals surface area contributed by atoms with Crippen molar-refractivity contribution in [2.75, 3.05) is 24.2 Å². The maximum Gasteiger partial charge on any atom is 0.315 e. The first-order chi connectivity index (χ1) is 10.1. The maximum atomic E-state index is 11.3. The molecule has 0 aliphatic heterocycles. The molecule has 21 heavy (non-hydrogen) atoms. The van der Waals surface area contributed by atoms with E-state index in [0.717, 1.165) is 12.0 Å². The van der Waals surface area contributed by atoms with E-state index in [1.54, 1.807) is 13.0 Å². The molecule has 116 valence electrons. The molecule has 1 aromatic rings. The number of nitrogens with zero attached hydrogens (tertiary/aromatic N) is 1. The molecule has 6 nitrogen and oxygen atoms in total. The fourth-order valence-electron chi connectivity index (χ4n) is 1.76. The lowest BCUT2D eigenvalue weighted by Gasteiger charge is -2.11. The van der Waals surface area contributed by atoms with Gasteiger partial charge in [0.15, 0.2) is 0 Å². The summed E-state index contributed by atoms with van der Waals surface area (Å²) in [5, 5.41) is 14.2. The Hall–Kier alpha value is -1.76. The predicted molar refractivity (Wildman–Crippen MR) is 84.7 cm³/mol. The Bertz CT molecular complexity index is 494. The van der Waals surface area contributed by atoms with Crippen LogP contribution in [0.5, 0.6) is 0 Å². The van der Waals surface area contributed by atoms with Crippen molar-refractivity contribution in [2.45, 2.75) is 26.0 Å². The SMILES string of the molecule is CCCNc1c(CSCC(=O)OCC)cccc1[N+](=O)[O-]. The third-order valence-corrected chi connectivity index (χ3v) is 3.61. The van der Waals surface area contributed by atoms with E-state index in [0.29, 0.717) is 24.6 Å². The average Bonchev–Trinajstić information content (AvgIpc) is 2.45. The molecule has 0 spiro atoms. The van der Waals surface area contributed by atoms with E-state index in [9.17, 15) is 14.9 Å². The zero-order valence-corrected chi connectivity index (χ0v) is 13.1. The van der Waals surface area contributed by atoms with Crippen LogP contribution in [0.1, 0.15) is 25.8 Å². The van der Waals surface area contributed by atoms with E-state index in [-0.39, 0.29) is 17.4 Å². The number of nitro benzene ring substituents is 1. The summed E-state index contributed by atoms with van der Waals surface area (Å²) in [5.74, 6) is 0.493. The van der Waals surface area contributed by atoms with Crippen LogP contribution in [0.2, 0.25) is 0 Å². The van der Waals surface area contributed by atoms with Crippen LogP contribution in [0.4, 0.5) is 11.4 Å². The van der Waals surface area contributed by atoms with Gasteiger partial charge in [0.05, 0.1) is 17.3 Å². The Morgan fingerprint density at radius 3 is 2.81 bits per heavy atom. The van der Waals surface area contributed by atoms with Crippen molar-refractivity contribution in [3.8, 4) is 0 Å². The molecule has 0 saturated heterocycles. The predicted octanol–water partition coefficient (Wildman–Crippen LogP) is 3.21. The van der Waals surface area contributed by atoms with Crippen LogP contribution in [0.25, 0.3) is 0 Å². The van der Waals surface area contributed by atoms with Crippen LogP contribution in [0.15, 0.2) is 18.2 Å². The van der Waals surface area contributed by atoms with Gasteiger partial charge < -0.3 is 10.1 Å². The number of benzene rings is 1. The highest BCUT2D eigenvalue weighted by atomic mass is 32.2. The molecular weight excluding hydrogens is 292 g/mol. The van der Waals surface area contributed by atoms with Gasteiger partial charge in [-0.1, -0.05) is 19.1 Å². The lowest BCUT2D eigenvalue weighted by atomic mass is 10.1. The van der Waals surface area contributed by atoms with Gasteiger partial charge in [0, 0.05) is 18.4 Å². The minimum absolute atomic E-state index is 0.0673. The number of para-hydroxylation sites is 1. The van der Waals surface area contributed by atoms with E-state index in [2.05, 4.69) is 5.32 Å². The molecule has 0 amide bonds. The molecule has 0 fully saturated rings. The first kappa shape index (κ1) is 17.3.